The number of hydrogen-bond acceptors (Lipinski definition) is 3. The molecular weight excluding hydrogens is 274 g/mol. The molecule has 0 heterocycles. The highest BCUT2D eigenvalue weighted by molar-refractivity contribution is 5.29. The zero-order valence-corrected chi connectivity index (χ0v) is 13.1. The summed E-state index contributed by atoms with van der Waals surface area (Å²) in [5.41, 5.74) is 2.20. The molecule has 0 bridgehead atoms. The van der Waals surface area contributed by atoms with Crippen molar-refractivity contribution in [1.82, 2.24) is 5.32 Å². The predicted molar refractivity (Wildman–Crippen MR) is 89.8 cm³/mol. The lowest BCUT2D eigenvalue weighted by atomic mass is 10.0. The Balaban J connectivity index is 2.00. The summed E-state index contributed by atoms with van der Waals surface area (Å²) in [7, 11) is 0. The van der Waals surface area contributed by atoms with Gasteiger partial charge in [0.1, 0.15) is 6.10 Å². The highest BCUT2D eigenvalue weighted by atomic mass is 16.5. The third-order valence-electron chi connectivity index (χ3n) is 3.47. The molecule has 0 amide bonds. The molecule has 2 rings (SSSR count). The maximum Gasteiger partial charge on any atom is 0.108 e. The normalized spacial score (nSPS) is 12.5. The predicted octanol–water partition coefficient (Wildman–Crippen LogP) is 3.15. The number of benzene rings is 2. The molecule has 0 fully saturated rings. The Labute approximate surface area is 133 Å². The first-order chi connectivity index (χ1) is 10.8. The van der Waals surface area contributed by atoms with Gasteiger partial charge >= 0.3 is 0 Å². The molecule has 0 spiro atoms. The third-order valence-corrected chi connectivity index (χ3v) is 3.47. The first-order valence-electron chi connectivity index (χ1n) is 7.91. The Morgan fingerprint density at radius 3 is 2.00 bits per heavy atom. The first-order valence-corrected chi connectivity index (χ1v) is 7.91. The molecule has 3 nitrogen and oxygen atoms in total. The quantitative estimate of drug-likeness (QED) is 0.699. The summed E-state index contributed by atoms with van der Waals surface area (Å²) < 4.78 is 6.02. The summed E-state index contributed by atoms with van der Waals surface area (Å²) in [6.45, 7) is 3.89. The van der Waals surface area contributed by atoms with Crippen LogP contribution in [0.15, 0.2) is 60.7 Å². The smallest absolute Gasteiger partial charge is 0.108 e. The van der Waals surface area contributed by atoms with Crippen LogP contribution in [0, 0.1) is 0 Å². The Morgan fingerprint density at radius 1 is 0.955 bits per heavy atom. The molecule has 0 aliphatic rings. The Bertz CT molecular complexity index is 476. The highest BCUT2D eigenvalue weighted by Gasteiger charge is 2.16. The zero-order valence-electron chi connectivity index (χ0n) is 13.1. The maximum atomic E-state index is 10.0. The van der Waals surface area contributed by atoms with Gasteiger partial charge in [-0.25, -0.2) is 0 Å². The number of aliphatic hydroxyl groups excluding tert-OH is 1. The van der Waals surface area contributed by atoms with Crippen molar-refractivity contribution in [3.05, 3.63) is 71.8 Å². The van der Waals surface area contributed by atoms with Crippen LogP contribution in [0.25, 0.3) is 0 Å². The molecule has 118 valence electrons. The van der Waals surface area contributed by atoms with E-state index in [2.05, 4.69) is 36.5 Å². The largest absolute Gasteiger partial charge is 0.389 e. The van der Waals surface area contributed by atoms with E-state index in [0.717, 1.165) is 24.1 Å². The average Bonchev–Trinajstić information content (AvgIpc) is 2.57. The van der Waals surface area contributed by atoms with E-state index in [1.807, 2.05) is 36.4 Å². The minimum atomic E-state index is -0.499. The first kappa shape index (κ1) is 16.7. The summed E-state index contributed by atoms with van der Waals surface area (Å²) in [5, 5.41) is 13.2. The van der Waals surface area contributed by atoms with Crippen molar-refractivity contribution in [3.63, 3.8) is 0 Å². The second-order valence-electron chi connectivity index (χ2n) is 5.39. The standard InChI is InChI=1S/C19H25NO2/c1-2-13-20-14-18(21)15-22-19(16-9-5-3-6-10-16)17-11-7-4-8-12-17/h3-12,18-21H,2,13-15H2,1H3. The fraction of sp³-hybridized carbons (Fsp3) is 0.368. The molecule has 2 aromatic carbocycles. The molecule has 0 radical (unpaired) electrons. The molecule has 2 N–H and O–H groups in total. The zero-order chi connectivity index (χ0) is 15.6. The van der Waals surface area contributed by atoms with Crippen LogP contribution in [0.5, 0.6) is 0 Å². The van der Waals surface area contributed by atoms with E-state index in [-0.39, 0.29) is 6.10 Å². The number of hydrogen-bond donors (Lipinski definition) is 2. The van der Waals surface area contributed by atoms with E-state index < -0.39 is 6.10 Å². The molecule has 0 saturated carbocycles. The monoisotopic (exact) mass is 299 g/mol. The number of rotatable bonds is 9. The van der Waals surface area contributed by atoms with Gasteiger partial charge in [0.05, 0.1) is 12.7 Å². The molecule has 1 atom stereocenters. The fourth-order valence-corrected chi connectivity index (χ4v) is 2.35. The van der Waals surface area contributed by atoms with E-state index in [0.29, 0.717) is 13.2 Å². The van der Waals surface area contributed by atoms with Crippen LogP contribution in [-0.2, 0) is 4.74 Å². The topological polar surface area (TPSA) is 41.5 Å². The van der Waals surface area contributed by atoms with Gasteiger partial charge in [0, 0.05) is 6.54 Å². The fourth-order valence-electron chi connectivity index (χ4n) is 2.35. The lowest BCUT2D eigenvalue weighted by molar-refractivity contribution is 0.00669. The van der Waals surface area contributed by atoms with Crippen molar-refractivity contribution in [3.8, 4) is 0 Å². The highest BCUT2D eigenvalue weighted by Crippen LogP contribution is 2.25. The maximum absolute atomic E-state index is 10.0. The minimum absolute atomic E-state index is 0.150. The second-order valence-corrected chi connectivity index (χ2v) is 5.39. The van der Waals surface area contributed by atoms with Crippen molar-refractivity contribution < 1.29 is 9.84 Å². The van der Waals surface area contributed by atoms with Gasteiger partial charge in [0.25, 0.3) is 0 Å². The van der Waals surface area contributed by atoms with E-state index in [1.165, 1.54) is 0 Å². The molecule has 0 aromatic heterocycles. The van der Waals surface area contributed by atoms with Crippen LogP contribution in [0.2, 0.25) is 0 Å². The van der Waals surface area contributed by atoms with Crippen LogP contribution < -0.4 is 5.32 Å². The Morgan fingerprint density at radius 2 is 1.50 bits per heavy atom. The lowest BCUT2D eigenvalue weighted by Crippen LogP contribution is -2.31. The molecular formula is C19H25NO2. The third kappa shape index (κ3) is 5.26. The van der Waals surface area contributed by atoms with Gasteiger partial charge in [0.2, 0.25) is 0 Å². The van der Waals surface area contributed by atoms with Crippen molar-refractivity contribution in [2.24, 2.45) is 0 Å². The van der Waals surface area contributed by atoms with Gasteiger partial charge in [-0.3, -0.25) is 0 Å². The van der Waals surface area contributed by atoms with Crippen LogP contribution in [0.3, 0.4) is 0 Å². The van der Waals surface area contributed by atoms with Gasteiger partial charge in [-0.1, -0.05) is 67.6 Å². The number of aliphatic hydroxyl groups is 1. The van der Waals surface area contributed by atoms with Crippen LogP contribution in [0.1, 0.15) is 30.6 Å². The van der Waals surface area contributed by atoms with Gasteiger partial charge in [-0.15, -0.1) is 0 Å². The van der Waals surface area contributed by atoms with Crippen molar-refractivity contribution in [1.29, 1.82) is 0 Å². The van der Waals surface area contributed by atoms with Crippen LogP contribution in [-0.4, -0.2) is 30.9 Å². The van der Waals surface area contributed by atoms with Crippen LogP contribution in [0.4, 0.5) is 0 Å². The van der Waals surface area contributed by atoms with Crippen molar-refractivity contribution >= 4 is 0 Å². The number of ether oxygens (including phenoxy) is 1. The summed E-state index contributed by atoms with van der Waals surface area (Å²) in [6, 6.07) is 20.2. The lowest BCUT2D eigenvalue weighted by Gasteiger charge is -2.21. The summed E-state index contributed by atoms with van der Waals surface area (Å²) in [5.74, 6) is 0. The molecule has 0 saturated heterocycles. The summed E-state index contributed by atoms with van der Waals surface area (Å²) in [4.78, 5) is 0. The van der Waals surface area contributed by atoms with E-state index >= 15 is 0 Å². The summed E-state index contributed by atoms with van der Waals surface area (Å²) in [6.07, 6.45) is 0.411. The molecule has 3 heteroatoms. The molecule has 0 aliphatic carbocycles. The second kappa shape index (κ2) is 9.36. The average molecular weight is 299 g/mol. The van der Waals surface area contributed by atoms with Gasteiger partial charge in [-0.05, 0) is 24.1 Å². The molecule has 2 aromatic rings. The Hall–Kier alpha value is -1.68. The van der Waals surface area contributed by atoms with Gasteiger partial charge in [0.15, 0.2) is 0 Å². The minimum Gasteiger partial charge on any atom is -0.389 e. The SMILES string of the molecule is CCCNCC(O)COC(c1ccccc1)c1ccccc1. The van der Waals surface area contributed by atoms with Crippen molar-refractivity contribution in [2.45, 2.75) is 25.6 Å². The van der Waals surface area contributed by atoms with Crippen molar-refractivity contribution in [2.75, 3.05) is 19.7 Å². The van der Waals surface area contributed by atoms with Crippen LogP contribution >= 0.6 is 0 Å². The van der Waals surface area contributed by atoms with E-state index in [4.69, 9.17) is 4.74 Å². The Kier molecular flexibility index (Phi) is 7.10. The molecule has 1 unspecified atom stereocenters. The molecule has 22 heavy (non-hydrogen) atoms. The van der Waals surface area contributed by atoms with Gasteiger partial charge in [-0.2, -0.15) is 0 Å². The van der Waals surface area contributed by atoms with E-state index in [1.54, 1.807) is 0 Å². The summed E-state index contributed by atoms with van der Waals surface area (Å²) >= 11 is 0. The van der Waals surface area contributed by atoms with E-state index in [9.17, 15) is 5.11 Å². The molecule has 0 aliphatic heterocycles. The number of nitrogens with one attached hydrogen (secondary N) is 1. The van der Waals surface area contributed by atoms with Gasteiger partial charge < -0.3 is 15.2 Å².